The second-order valence-corrected chi connectivity index (χ2v) is 20.9. The van der Waals surface area contributed by atoms with Crippen molar-refractivity contribution in [3.8, 4) is 0 Å². The molecule has 1 fully saturated rings. The summed E-state index contributed by atoms with van der Waals surface area (Å²) in [6.45, 7) is 6.69. The molecule has 0 unspecified atom stereocenters. The molecule has 1 aromatic heterocycles. The number of nitrogens with zero attached hydrogens (tertiary/aromatic N) is 4. The molecule has 15 heteroatoms. The van der Waals surface area contributed by atoms with Gasteiger partial charge in [0.1, 0.15) is 12.3 Å². The van der Waals surface area contributed by atoms with Crippen molar-refractivity contribution in [1.29, 1.82) is 0 Å². The standard InChI is InChI=1S/C31H35Cl2F3N4O4SSi/c1-46(2,3)19-18-44-21-40-28-13-8-24(30(41,22-4-9-25(32)10-5-22)23-6-11-26(33)12-7-23)20-27(28)29(37-40)38-14-16-39(17-15-38)45(42,43)31(34,35)36/h4-13,20,41H,14-19,21H2,1-3H3. The van der Waals surface area contributed by atoms with Gasteiger partial charge < -0.3 is 14.7 Å². The third-order valence-corrected chi connectivity index (χ3v) is 11.9. The maximum Gasteiger partial charge on any atom is 0.511 e. The number of hydrogen-bond acceptors (Lipinski definition) is 6. The summed E-state index contributed by atoms with van der Waals surface area (Å²) in [5.41, 5.74) is -4.73. The highest BCUT2D eigenvalue weighted by Gasteiger charge is 2.50. The minimum Gasteiger partial charge on any atom is -0.376 e. The Hall–Kier alpha value is -2.65. The van der Waals surface area contributed by atoms with Gasteiger partial charge in [0.2, 0.25) is 0 Å². The molecule has 0 bridgehead atoms. The molecule has 5 rings (SSSR count). The van der Waals surface area contributed by atoms with Gasteiger partial charge in [-0.1, -0.05) is 73.2 Å². The Bertz CT molecular complexity index is 1740. The van der Waals surface area contributed by atoms with E-state index in [-0.39, 0.29) is 32.9 Å². The number of piperazine rings is 1. The highest BCUT2D eigenvalue weighted by molar-refractivity contribution is 7.90. The molecule has 0 atom stereocenters. The molecule has 0 spiro atoms. The molecule has 8 nitrogen and oxygen atoms in total. The Balaban J connectivity index is 1.58. The van der Waals surface area contributed by atoms with Gasteiger partial charge in [0.05, 0.1) is 5.52 Å². The third-order valence-electron chi connectivity index (χ3n) is 8.05. The van der Waals surface area contributed by atoms with Crippen molar-refractivity contribution in [2.75, 3.05) is 37.7 Å². The number of fused-ring (bicyclic) bond motifs is 1. The van der Waals surface area contributed by atoms with E-state index in [0.29, 0.717) is 54.4 Å². The molecule has 3 aromatic carbocycles. The number of aliphatic hydroxyl groups is 1. The number of anilines is 1. The second-order valence-electron chi connectivity index (χ2n) is 12.5. The van der Waals surface area contributed by atoms with E-state index in [2.05, 4.69) is 19.6 Å². The fourth-order valence-corrected chi connectivity index (χ4v) is 7.36. The largest absolute Gasteiger partial charge is 0.511 e. The summed E-state index contributed by atoms with van der Waals surface area (Å²) < 4.78 is 72.0. The molecule has 0 radical (unpaired) electrons. The van der Waals surface area contributed by atoms with E-state index in [4.69, 9.17) is 33.0 Å². The van der Waals surface area contributed by atoms with Crippen molar-refractivity contribution in [2.24, 2.45) is 0 Å². The molecule has 0 aliphatic carbocycles. The zero-order valence-corrected chi connectivity index (χ0v) is 28.9. The first-order valence-electron chi connectivity index (χ1n) is 14.7. The van der Waals surface area contributed by atoms with Crippen molar-refractivity contribution >= 4 is 58.0 Å². The van der Waals surface area contributed by atoms with Gasteiger partial charge >= 0.3 is 15.5 Å². The maximum absolute atomic E-state index is 13.2. The summed E-state index contributed by atoms with van der Waals surface area (Å²) >= 11 is 12.3. The van der Waals surface area contributed by atoms with Crippen molar-refractivity contribution in [1.82, 2.24) is 14.1 Å². The molecule has 1 aliphatic rings. The van der Waals surface area contributed by atoms with Crippen LogP contribution in [0.5, 0.6) is 0 Å². The highest BCUT2D eigenvalue weighted by atomic mass is 35.5. The van der Waals surface area contributed by atoms with Crippen LogP contribution in [0.25, 0.3) is 10.9 Å². The number of ether oxygens (including phenoxy) is 1. The molecule has 248 valence electrons. The molecular formula is C31H35Cl2F3N4O4SSi. The predicted molar refractivity (Wildman–Crippen MR) is 178 cm³/mol. The minimum absolute atomic E-state index is 0.0131. The Kier molecular flexibility index (Phi) is 9.87. The summed E-state index contributed by atoms with van der Waals surface area (Å²) in [7, 11) is -6.80. The zero-order chi connectivity index (χ0) is 33.5. The van der Waals surface area contributed by atoms with Crippen LogP contribution in [0.15, 0.2) is 66.7 Å². The SMILES string of the molecule is C[Si](C)(C)CCOCn1nc(N2CCN(S(=O)(=O)C(F)(F)F)CC2)c2cc(C(O)(c3ccc(Cl)cc3)c3ccc(Cl)cc3)ccc21. The van der Waals surface area contributed by atoms with Gasteiger partial charge in [-0.2, -0.15) is 22.6 Å². The number of halogens is 5. The Morgan fingerprint density at radius 1 is 0.870 bits per heavy atom. The van der Waals surface area contributed by atoms with E-state index >= 15 is 0 Å². The second kappa shape index (κ2) is 13.1. The fraction of sp³-hybridized carbons (Fsp3) is 0.387. The quantitative estimate of drug-likeness (QED) is 0.109. The van der Waals surface area contributed by atoms with Crippen molar-refractivity contribution in [3.63, 3.8) is 0 Å². The monoisotopic (exact) mass is 714 g/mol. The van der Waals surface area contributed by atoms with Gasteiger partial charge in [0.15, 0.2) is 5.82 Å². The first kappa shape index (κ1) is 34.7. The lowest BCUT2D eigenvalue weighted by Gasteiger charge is -2.34. The van der Waals surface area contributed by atoms with Gasteiger partial charge in [-0.25, -0.2) is 13.1 Å². The summed E-state index contributed by atoms with van der Waals surface area (Å²) in [4.78, 5) is 1.76. The average Bonchev–Trinajstić information content (AvgIpc) is 3.36. The summed E-state index contributed by atoms with van der Waals surface area (Å²) in [5.74, 6) is 0.448. The first-order valence-corrected chi connectivity index (χ1v) is 20.6. The van der Waals surface area contributed by atoms with Crippen LogP contribution in [0.1, 0.15) is 16.7 Å². The van der Waals surface area contributed by atoms with E-state index < -0.39 is 29.2 Å². The number of aromatic nitrogens is 2. The van der Waals surface area contributed by atoms with Crippen molar-refractivity contribution in [3.05, 3.63) is 93.5 Å². The number of sulfonamides is 1. The topological polar surface area (TPSA) is 87.9 Å². The van der Waals surface area contributed by atoms with Gasteiger partial charge in [-0.05, 0) is 59.1 Å². The summed E-state index contributed by atoms with van der Waals surface area (Å²) in [6.07, 6.45) is 0. The first-order chi connectivity index (χ1) is 21.5. The van der Waals surface area contributed by atoms with Gasteiger partial charge in [0.25, 0.3) is 0 Å². The molecular weight excluding hydrogens is 680 g/mol. The number of hydrogen-bond donors (Lipinski definition) is 1. The van der Waals surface area contributed by atoms with Gasteiger partial charge in [-0.3, -0.25) is 0 Å². The molecule has 4 aromatic rings. The average molecular weight is 716 g/mol. The fourth-order valence-electron chi connectivity index (χ4n) is 5.42. The van der Waals surface area contributed by atoms with E-state index in [1.165, 1.54) is 0 Å². The number of rotatable bonds is 10. The van der Waals surface area contributed by atoms with Crippen LogP contribution >= 0.6 is 23.2 Å². The Labute approximate surface area is 277 Å². The molecule has 1 N–H and O–H groups in total. The molecule has 1 aliphatic heterocycles. The highest BCUT2D eigenvalue weighted by Crippen LogP contribution is 2.40. The van der Waals surface area contributed by atoms with Gasteiger partial charge in [0, 0.05) is 56.3 Å². The third kappa shape index (κ3) is 7.10. The predicted octanol–water partition coefficient (Wildman–Crippen LogP) is 6.91. The molecule has 2 heterocycles. The lowest BCUT2D eigenvalue weighted by Crippen LogP contribution is -2.52. The van der Waals surface area contributed by atoms with E-state index in [9.17, 15) is 26.7 Å². The van der Waals surface area contributed by atoms with Crippen LogP contribution in [0.2, 0.25) is 35.7 Å². The smallest absolute Gasteiger partial charge is 0.376 e. The number of alkyl halides is 3. The lowest BCUT2D eigenvalue weighted by atomic mass is 9.80. The Morgan fingerprint density at radius 2 is 1.39 bits per heavy atom. The summed E-state index contributed by atoms with van der Waals surface area (Å²) in [5, 5.41) is 18.9. The molecule has 0 saturated carbocycles. The zero-order valence-electron chi connectivity index (χ0n) is 25.6. The maximum atomic E-state index is 13.2. The van der Waals surface area contributed by atoms with Crippen LogP contribution in [0.3, 0.4) is 0 Å². The van der Waals surface area contributed by atoms with Crippen LogP contribution in [-0.2, 0) is 27.1 Å². The molecule has 1 saturated heterocycles. The normalized spacial score (nSPS) is 15.5. The number of benzene rings is 3. The summed E-state index contributed by atoms with van der Waals surface area (Å²) in [6, 6.07) is 20.1. The van der Waals surface area contributed by atoms with Crippen molar-refractivity contribution in [2.45, 2.75) is 43.5 Å². The lowest BCUT2D eigenvalue weighted by molar-refractivity contribution is -0.0490. The van der Waals surface area contributed by atoms with E-state index in [1.54, 1.807) is 70.2 Å². The van der Waals surface area contributed by atoms with E-state index in [0.717, 1.165) is 6.04 Å². The molecule has 0 amide bonds. The minimum atomic E-state index is -5.45. The van der Waals surface area contributed by atoms with E-state index in [1.807, 2.05) is 6.07 Å². The molecule has 46 heavy (non-hydrogen) atoms. The van der Waals surface area contributed by atoms with Crippen LogP contribution < -0.4 is 4.90 Å². The van der Waals surface area contributed by atoms with Gasteiger partial charge in [-0.15, -0.1) is 0 Å². The van der Waals surface area contributed by atoms with Crippen LogP contribution in [-0.4, -0.2) is 74.0 Å². The van der Waals surface area contributed by atoms with Crippen molar-refractivity contribution < 1.29 is 31.4 Å². The Morgan fingerprint density at radius 3 is 1.89 bits per heavy atom. The van der Waals surface area contributed by atoms with Crippen LogP contribution in [0.4, 0.5) is 19.0 Å². The van der Waals surface area contributed by atoms with Crippen LogP contribution in [0, 0.1) is 0 Å².